The van der Waals surface area contributed by atoms with Crippen LogP contribution in [0.15, 0.2) is 0 Å². The van der Waals surface area contributed by atoms with Crippen molar-refractivity contribution in [3.8, 4) is 0 Å². The molecule has 0 aliphatic carbocycles. The summed E-state index contributed by atoms with van der Waals surface area (Å²) in [4.78, 5) is 15.4. The lowest BCUT2D eigenvalue weighted by Crippen LogP contribution is -2.29. The molecule has 1 heterocycles. The summed E-state index contributed by atoms with van der Waals surface area (Å²) < 4.78 is 4.18. The standard InChI is InChI=1S/C9H16N4OS/c1-4-10-7(14)5-11-9-12-8(6(2)3)13-15-9/h6H,4-5H2,1-3H3,(H,10,14)(H,11,12,13). The van der Waals surface area contributed by atoms with E-state index in [2.05, 4.69) is 20.0 Å². The maximum Gasteiger partial charge on any atom is 0.239 e. The minimum absolute atomic E-state index is 0.0289. The molecule has 15 heavy (non-hydrogen) atoms. The minimum atomic E-state index is -0.0289. The largest absolute Gasteiger partial charge is 0.355 e. The van der Waals surface area contributed by atoms with E-state index >= 15 is 0 Å². The first-order chi connectivity index (χ1) is 7.13. The quantitative estimate of drug-likeness (QED) is 0.795. The first-order valence-electron chi connectivity index (χ1n) is 4.97. The Kier molecular flexibility index (Phi) is 4.48. The predicted molar refractivity (Wildman–Crippen MR) is 61.2 cm³/mol. The van der Waals surface area contributed by atoms with Gasteiger partial charge < -0.3 is 10.6 Å². The Hall–Kier alpha value is -1.17. The molecule has 0 unspecified atom stereocenters. The van der Waals surface area contributed by atoms with Crippen LogP contribution in [0.3, 0.4) is 0 Å². The van der Waals surface area contributed by atoms with E-state index in [-0.39, 0.29) is 12.5 Å². The highest BCUT2D eigenvalue weighted by atomic mass is 32.1. The first kappa shape index (κ1) is 11.9. The number of rotatable bonds is 5. The van der Waals surface area contributed by atoms with Crippen molar-refractivity contribution in [1.29, 1.82) is 0 Å². The average molecular weight is 228 g/mol. The second kappa shape index (κ2) is 5.65. The predicted octanol–water partition coefficient (Wildman–Crippen LogP) is 1.21. The van der Waals surface area contributed by atoms with Gasteiger partial charge in [-0.3, -0.25) is 4.79 Å². The average Bonchev–Trinajstić information content (AvgIpc) is 2.63. The van der Waals surface area contributed by atoms with Crippen molar-refractivity contribution in [2.75, 3.05) is 18.4 Å². The van der Waals surface area contributed by atoms with Crippen molar-refractivity contribution in [2.24, 2.45) is 0 Å². The molecule has 0 aliphatic rings. The summed E-state index contributed by atoms with van der Waals surface area (Å²) in [5.74, 6) is 1.11. The van der Waals surface area contributed by atoms with Crippen LogP contribution in [0.2, 0.25) is 0 Å². The third-order valence-electron chi connectivity index (χ3n) is 1.73. The molecule has 1 aromatic heterocycles. The van der Waals surface area contributed by atoms with E-state index in [0.29, 0.717) is 17.6 Å². The van der Waals surface area contributed by atoms with Crippen LogP contribution in [-0.2, 0) is 4.79 Å². The van der Waals surface area contributed by atoms with Crippen LogP contribution in [0.5, 0.6) is 0 Å². The van der Waals surface area contributed by atoms with Crippen LogP contribution in [-0.4, -0.2) is 28.4 Å². The normalized spacial score (nSPS) is 10.4. The Morgan fingerprint density at radius 2 is 2.27 bits per heavy atom. The number of carbonyl (C=O) groups is 1. The Morgan fingerprint density at radius 1 is 1.53 bits per heavy atom. The summed E-state index contributed by atoms with van der Waals surface area (Å²) >= 11 is 1.29. The fourth-order valence-corrected chi connectivity index (χ4v) is 1.66. The van der Waals surface area contributed by atoms with E-state index in [1.807, 2.05) is 20.8 Å². The zero-order valence-electron chi connectivity index (χ0n) is 9.20. The van der Waals surface area contributed by atoms with E-state index < -0.39 is 0 Å². The molecule has 1 rings (SSSR count). The number of carbonyl (C=O) groups excluding carboxylic acids is 1. The van der Waals surface area contributed by atoms with Gasteiger partial charge in [0.1, 0.15) is 5.82 Å². The number of amides is 1. The number of hydrogen-bond acceptors (Lipinski definition) is 5. The van der Waals surface area contributed by atoms with Gasteiger partial charge in [-0.1, -0.05) is 13.8 Å². The van der Waals surface area contributed by atoms with E-state index in [1.54, 1.807) is 0 Å². The number of aromatic nitrogens is 2. The topological polar surface area (TPSA) is 66.9 Å². The molecule has 84 valence electrons. The second-order valence-electron chi connectivity index (χ2n) is 3.42. The SMILES string of the molecule is CCNC(=O)CNc1nc(C(C)C)ns1. The van der Waals surface area contributed by atoms with Gasteiger partial charge >= 0.3 is 0 Å². The molecule has 0 radical (unpaired) electrons. The van der Waals surface area contributed by atoms with Crippen LogP contribution in [0.1, 0.15) is 32.5 Å². The first-order valence-corrected chi connectivity index (χ1v) is 5.75. The highest BCUT2D eigenvalue weighted by Crippen LogP contribution is 2.16. The summed E-state index contributed by atoms with van der Waals surface area (Å²) in [5, 5.41) is 6.34. The fourth-order valence-electron chi connectivity index (χ4n) is 0.957. The Balaban J connectivity index is 2.41. The number of likely N-dealkylation sites (N-methyl/N-ethyl adjacent to an activating group) is 1. The molecule has 0 saturated carbocycles. The van der Waals surface area contributed by atoms with E-state index in [1.165, 1.54) is 11.5 Å². The molecule has 0 bridgehead atoms. The summed E-state index contributed by atoms with van der Waals surface area (Å²) in [6.07, 6.45) is 0. The molecule has 1 amide bonds. The Bertz CT molecular complexity index is 324. The van der Waals surface area contributed by atoms with Crippen LogP contribution >= 0.6 is 11.5 Å². The maximum absolute atomic E-state index is 11.1. The Labute approximate surface area is 93.5 Å². The van der Waals surface area contributed by atoms with Gasteiger partial charge in [-0.25, -0.2) is 4.98 Å². The number of hydrogen-bond donors (Lipinski definition) is 2. The molecule has 5 nitrogen and oxygen atoms in total. The smallest absolute Gasteiger partial charge is 0.239 e. The molecule has 1 aromatic rings. The lowest BCUT2D eigenvalue weighted by atomic mass is 10.2. The molecule has 0 fully saturated rings. The van der Waals surface area contributed by atoms with Crippen LogP contribution < -0.4 is 10.6 Å². The maximum atomic E-state index is 11.1. The molecular formula is C9H16N4OS. The van der Waals surface area contributed by atoms with E-state index in [4.69, 9.17) is 0 Å². The molecule has 6 heteroatoms. The van der Waals surface area contributed by atoms with Crippen LogP contribution in [0, 0.1) is 0 Å². The third-order valence-corrected chi connectivity index (χ3v) is 2.42. The zero-order chi connectivity index (χ0) is 11.3. The monoisotopic (exact) mass is 228 g/mol. The zero-order valence-corrected chi connectivity index (χ0v) is 10.0. The van der Waals surface area contributed by atoms with Crippen molar-refractivity contribution in [1.82, 2.24) is 14.7 Å². The van der Waals surface area contributed by atoms with Gasteiger partial charge in [0.25, 0.3) is 0 Å². The lowest BCUT2D eigenvalue weighted by molar-refractivity contribution is -0.119. The summed E-state index contributed by atoms with van der Waals surface area (Å²) in [6.45, 7) is 6.86. The van der Waals surface area contributed by atoms with Crippen LogP contribution in [0.25, 0.3) is 0 Å². The van der Waals surface area contributed by atoms with Gasteiger partial charge in [-0.2, -0.15) is 4.37 Å². The van der Waals surface area contributed by atoms with Gasteiger partial charge in [0.15, 0.2) is 0 Å². The number of anilines is 1. The van der Waals surface area contributed by atoms with Gasteiger partial charge in [0.05, 0.1) is 6.54 Å². The summed E-state index contributed by atoms with van der Waals surface area (Å²) in [7, 11) is 0. The van der Waals surface area contributed by atoms with Crippen molar-refractivity contribution < 1.29 is 4.79 Å². The van der Waals surface area contributed by atoms with Crippen molar-refractivity contribution >= 4 is 22.6 Å². The van der Waals surface area contributed by atoms with Crippen molar-refractivity contribution in [2.45, 2.75) is 26.7 Å². The van der Waals surface area contributed by atoms with Gasteiger partial charge in [0, 0.05) is 24.0 Å². The van der Waals surface area contributed by atoms with Crippen LogP contribution in [0.4, 0.5) is 5.13 Å². The molecular weight excluding hydrogens is 212 g/mol. The van der Waals surface area contributed by atoms with Crippen molar-refractivity contribution in [3.05, 3.63) is 5.82 Å². The highest BCUT2D eigenvalue weighted by Gasteiger charge is 2.07. The summed E-state index contributed by atoms with van der Waals surface area (Å²) in [5.41, 5.74) is 0. The number of nitrogens with zero attached hydrogens (tertiary/aromatic N) is 2. The molecule has 0 saturated heterocycles. The molecule has 0 aliphatic heterocycles. The molecule has 0 spiro atoms. The van der Waals surface area contributed by atoms with E-state index in [9.17, 15) is 4.79 Å². The lowest BCUT2D eigenvalue weighted by Gasteiger charge is -2.01. The number of nitrogens with one attached hydrogen (secondary N) is 2. The van der Waals surface area contributed by atoms with Gasteiger partial charge in [0.2, 0.25) is 11.0 Å². The van der Waals surface area contributed by atoms with Gasteiger partial charge in [-0.05, 0) is 6.92 Å². The highest BCUT2D eigenvalue weighted by molar-refractivity contribution is 7.09. The molecule has 0 atom stereocenters. The molecule has 2 N–H and O–H groups in total. The van der Waals surface area contributed by atoms with Crippen molar-refractivity contribution in [3.63, 3.8) is 0 Å². The van der Waals surface area contributed by atoms with Gasteiger partial charge in [-0.15, -0.1) is 0 Å². The summed E-state index contributed by atoms with van der Waals surface area (Å²) in [6, 6.07) is 0. The fraction of sp³-hybridized carbons (Fsp3) is 0.667. The third kappa shape index (κ3) is 3.83. The second-order valence-corrected chi connectivity index (χ2v) is 4.17. The Morgan fingerprint density at radius 3 is 2.80 bits per heavy atom. The van der Waals surface area contributed by atoms with E-state index in [0.717, 1.165) is 5.82 Å². The minimum Gasteiger partial charge on any atom is -0.355 e. The molecule has 0 aromatic carbocycles.